The minimum Gasteiger partial charge on any atom is -0.363 e. The molecule has 1 aliphatic rings. The smallest absolute Gasteiger partial charge is 0.363 e. The molecule has 1 atom stereocenters. The van der Waals surface area contributed by atoms with E-state index in [-0.39, 0.29) is 11.5 Å². The predicted octanol–water partition coefficient (Wildman–Crippen LogP) is 4.38. The van der Waals surface area contributed by atoms with Gasteiger partial charge in [-0.2, -0.15) is 13.2 Å². The molecular weight excluding hydrogens is 291 g/mol. The minimum atomic E-state index is -4.49. The molecule has 2 aromatic rings. The summed E-state index contributed by atoms with van der Waals surface area (Å²) in [7, 11) is 0. The van der Waals surface area contributed by atoms with Gasteiger partial charge in [0, 0.05) is 17.1 Å². The summed E-state index contributed by atoms with van der Waals surface area (Å²) in [5, 5.41) is 3.83. The Bertz CT molecular complexity index is 735. The fraction of sp³-hybridized carbons (Fsp3) is 0.375. The Hall–Kier alpha value is -2.11. The van der Waals surface area contributed by atoms with Gasteiger partial charge in [0.25, 0.3) is 0 Å². The molecule has 0 spiro atoms. The van der Waals surface area contributed by atoms with Crippen LogP contribution in [0.25, 0.3) is 10.9 Å². The van der Waals surface area contributed by atoms with Gasteiger partial charge in [-0.1, -0.05) is 32.0 Å². The third-order valence-electron chi connectivity index (χ3n) is 3.59. The molecule has 0 radical (unpaired) electrons. The van der Waals surface area contributed by atoms with Gasteiger partial charge in [-0.25, -0.2) is 0 Å². The Labute approximate surface area is 126 Å². The van der Waals surface area contributed by atoms with Crippen molar-refractivity contribution in [3.05, 3.63) is 36.0 Å². The van der Waals surface area contributed by atoms with E-state index in [0.717, 1.165) is 0 Å². The zero-order chi connectivity index (χ0) is 15.9. The number of hydrogen-bond donors (Lipinski definition) is 1. The molecule has 1 aromatic carbocycles. The molecule has 0 bridgehead atoms. The Morgan fingerprint density at radius 3 is 2.64 bits per heavy atom. The lowest BCUT2D eigenvalue weighted by atomic mass is 10.0. The molecule has 3 rings (SSSR count). The fourth-order valence-electron chi connectivity index (χ4n) is 2.68. The number of aliphatic imine (C=N–C) groups is 1. The number of anilines is 1. The molecule has 1 unspecified atom stereocenters. The molecule has 6 heteroatoms. The van der Waals surface area contributed by atoms with Crippen LogP contribution in [0.5, 0.6) is 0 Å². The third-order valence-corrected chi connectivity index (χ3v) is 3.59. The van der Waals surface area contributed by atoms with Crippen molar-refractivity contribution in [2.45, 2.75) is 32.6 Å². The van der Waals surface area contributed by atoms with Crippen molar-refractivity contribution >= 4 is 22.3 Å². The van der Waals surface area contributed by atoms with Crippen LogP contribution in [-0.2, 0) is 0 Å². The number of para-hydroxylation sites is 1. The zero-order valence-electron chi connectivity index (χ0n) is 12.3. The van der Waals surface area contributed by atoms with E-state index in [1.165, 1.54) is 6.20 Å². The number of aromatic nitrogens is 1. The first-order valence-electron chi connectivity index (χ1n) is 7.16. The first-order chi connectivity index (χ1) is 10.4. The second kappa shape index (κ2) is 5.26. The van der Waals surface area contributed by atoms with Crippen LogP contribution in [0.3, 0.4) is 0 Å². The normalized spacial score (nSPS) is 18.1. The van der Waals surface area contributed by atoms with Gasteiger partial charge >= 0.3 is 6.18 Å². The topological polar surface area (TPSA) is 37.3 Å². The van der Waals surface area contributed by atoms with Gasteiger partial charge in [-0.15, -0.1) is 0 Å². The van der Waals surface area contributed by atoms with Crippen LogP contribution in [0, 0.1) is 5.92 Å². The van der Waals surface area contributed by atoms with E-state index in [1.807, 2.05) is 19.9 Å². The summed E-state index contributed by atoms with van der Waals surface area (Å²) < 4.78 is 40.0. The lowest BCUT2D eigenvalue weighted by Crippen LogP contribution is -2.34. The zero-order valence-corrected chi connectivity index (χ0v) is 12.3. The summed E-state index contributed by atoms with van der Waals surface area (Å²) >= 11 is 0. The van der Waals surface area contributed by atoms with E-state index in [1.54, 1.807) is 18.2 Å². The van der Waals surface area contributed by atoms with E-state index >= 15 is 0 Å². The second-order valence-electron chi connectivity index (χ2n) is 5.83. The summed E-state index contributed by atoms with van der Waals surface area (Å²) in [6.07, 6.45) is -3.27. The number of hydrogen-bond acceptors (Lipinski definition) is 3. The van der Waals surface area contributed by atoms with Gasteiger partial charge in [0.2, 0.25) is 0 Å². The Morgan fingerprint density at radius 1 is 1.23 bits per heavy atom. The van der Waals surface area contributed by atoms with E-state index in [4.69, 9.17) is 0 Å². The number of alkyl halides is 3. The lowest BCUT2D eigenvalue weighted by Gasteiger charge is -2.28. The van der Waals surface area contributed by atoms with Crippen LogP contribution >= 0.6 is 0 Å². The van der Waals surface area contributed by atoms with Crippen LogP contribution in [0.4, 0.5) is 18.9 Å². The number of benzene rings is 1. The van der Waals surface area contributed by atoms with Gasteiger partial charge < -0.3 is 5.32 Å². The number of fused-ring (bicyclic) bond motifs is 3. The van der Waals surface area contributed by atoms with E-state index in [9.17, 15) is 13.2 Å². The van der Waals surface area contributed by atoms with E-state index < -0.39 is 18.1 Å². The van der Waals surface area contributed by atoms with Crippen LogP contribution < -0.4 is 5.32 Å². The maximum absolute atomic E-state index is 13.3. The molecule has 1 N–H and O–H groups in total. The molecule has 0 amide bonds. The monoisotopic (exact) mass is 307 g/mol. The lowest BCUT2D eigenvalue weighted by molar-refractivity contribution is -0.0585. The van der Waals surface area contributed by atoms with Crippen molar-refractivity contribution in [2.24, 2.45) is 10.9 Å². The van der Waals surface area contributed by atoms with Crippen molar-refractivity contribution in [3.63, 3.8) is 0 Å². The molecule has 0 fully saturated rings. The Balaban J connectivity index is 2.18. The summed E-state index contributed by atoms with van der Waals surface area (Å²) in [6.45, 7) is 3.93. The highest BCUT2D eigenvalue weighted by Crippen LogP contribution is 2.36. The number of rotatable bonds is 2. The first-order valence-corrected chi connectivity index (χ1v) is 7.16. The summed E-state index contributed by atoms with van der Waals surface area (Å²) in [6, 6.07) is 7.17. The van der Waals surface area contributed by atoms with Gasteiger partial charge in [0.1, 0.15) is 6.17 Å². The van der Waals surface area contributed by atoms with Crippen molar-refractivity contribution in [3.8, 4) is 0 Å². The summed E-state index contributed by atoms with van der Waals surface area (Å²) in [5.41, 5.74) is 0.315. The fourth-order valence-corrected chi connectivity index (χ4v) is 2.68. The van der Waals surface area contributed by atoms with Crippen LogP contribution in [0.1, 0.15) is 25.8 Å². The molecule has 0 aliphatic carbocycles. The summed E-state index contributed by atoms with van der Waals surface area (Å²) in [4.78, 5) is 8.01. The first kappa shape index (κ1) is 14.8. The van der Waals surface area contributed by atoms with Crippen molar-refractivity contribution in [1.29, 1.82) is 0 Å². The van der Waals surface area contributed by atoms with Crippen LogP contribution in [0.2, 0.25) is 0 Å². The highest BCUT2D eigenvalue weighted by atomic mass is 19.4. The standard InChI is InChI=1S/C16H16F3N3/c1-9(2)7-13-21-14-10-5-3-4-6-12(10)20-8-11(14)15(22-13)16(17,18)19/h3-6,8-9,13,21H,7H2,1-2H3. The number of nitrogens with one attached hydrogen (secondary N) is 1. The maximum Gasteiger partial charge on any atom is 0.433 e. The number of pyridine rings is 1. The Kier molecular flexibility index (Phi) is 3.54. The average molecular weight is 307 g/mol. The van der Waals surface area contributed by atoms with Crippen LogP contribution in [-0.4, -0.2) is 23.0 Å². The molecular formula is C16H16F3N3. The highest BCUT2D eigenvalue weighted by molar-refractivity contribution is 6.14. The predicted molar refractivity (Wildman–Crippen MR) is 81.2 cm³/mol. The summed E-state index contributed by atoms with van der Waals surface area (Å²) in [5.74, 6) is 0.241. The molecule has 116 valence electrons. The quantitative estimate of drug-likeness (QED) is 0.893. The Morgan fingerprint density at radius 2 is 1.95 bits per heavy atom. The van der Waals surface area contributed by atoms with Crippen LogP contribution in [0.15, 0.2) is 35.5 Å². The second-order valence-corrected chi connectivity index (χ2v) is 5.83. The SMILES string of the molecule is CC(C)CC1N=C(C(F)(F)F)c2cnc3ccccc3c2N1. The molecule has 1 aromatic heterocycles. The highest BCUT2D eigenvalue weighted by Gasteiger charge is 2.41. The largest absolute Gasteiger partial charge is 0.433 e. The maximum atomic E-state index is 13.3. The molecule has 0 saturated carbocycles. The van der Waals surface area contributed by atoms with Crippen molar-refractivity contribution in [2.75, 3.05) is 5.32 Å². The number of halogens is 3. The minimum absolute atomic E-state index is 0.0196. The van der Waals surface area contributed by atoms with Gasteiger partial charge in [0.15, 0.2) is 5.71 Å². The van der Waals surface area contributed by atoms with Gasteiger partial charge in [-0.3, -0.25) is 9.98 Å². The molecule has 22 heavy (non-hydrogen) atoms. The average Bonchev–Trinajstić information content (AvgIpc) is 2.44. The van der Waals surface area contributed by atoms with E-state index in [2.05, 4.69) is 15.3 Å². The number of nitrogens with zero attached hydrogens (tertiary/aromatic N) is 2. The van der Waals surface area contributed by atoms with E-state index in [0.29, 0.717) is 23.0 Å². The molecule has 1 aliphatic heterocycles. The van der Waals surface area contributed by atoms with Crippen molar-refractivity contribution in [1.82, 2.24) is 4.98 Å². The van der Waals surface area contributed by atoms with Crippen molar-refractivity contribution < 1.29 is 13.2 Å². The molecule has 0 saturated heterocycles. The van der Waals surface area contributed by atoms with Gasteiger partial charge in [0.05, 0.1) is 11.2 Å². The molecule has 3 nitrogen and oxygen atoms in total. The van der Waals surface area contributed by atoms with Gasteiger partial charge in [-0.05, 0) is 18.4 Å². The molecule has 2 heterocycles. The third kappa shape index (κ3) is 2.65.